The second-order valence-electron chi connectivity index (χ2n) is 11.7. The highest BCUT2D eigenvalue weighted by molar-refractivity contribution is 8.00. The number of aromatic nitrogens is 1. The molecule has 0 bridgehead atoms. The number of rotatable bonds is 4. The van der Waals surface area contributed by atoms with Gasteiger partial charge in [-0.3, -0.25) is 0 Å². The molecule has 0 unspecified atom stereocenters. The summed E-state index contributed by atoms with van der Waals surface area (Å²) >= 11 is 1.96. The molecular weight excluding hydrogens is 468 g/mol. The standard InChI is InChI=1S/C34H33N2S/c1-20(2)15-28-25-10-8-7-9-24(25)21(3)30-32-31-26(13-14-36(32)6)27-16-22(18-34(4,5)19-35)11-12-23(27)17-29(31)37-33(28)30/h7-14,16-17,20H,15,18H2,1-6H3/q+1. The van der Waals surface area contributed by atoms with Crippen LogP contribution in [0.15, 0.2) is 70.6 Å². The quantitative estimate of drug-likeness (QED) is 0.178. The van der Waals surface area contributed by atoms with E-state index in [1.807, 2.05) is 25.6 Å². The lowest BCUT2D eigenvalue weighted by molar-refractivity contribution is -0.659. The zero-order chi connectivity index (χ0) is 26.1. The monoisotopic (exact) mass is 501 g/mol. The van der Waals surface area contributed by atoms with Gasteiger partial charge in [-0.05, 0) is 83.8 Å². The van der Waals surface area contributed by atoms with E-state index in [0.717, 1.165) is 12.8 Å². The number of aryl methyl sites for hydroxylation is 2. The van der Waals surface area contributed by atoms with Crippen LogP contribution in [0.2, 0.25) is 0 Å². The van der Waals surface area contributed by atoms with Gasteiger partial charge in [-0.1, -0.05) is 68.1 Å². The minimum atomic E-state index is -0.383. The maximum atomic E-state index is 9.60. The first-order valence-corrected chi connectivity index (χ1v) is 14.0. The van der Waals surface area contributed by atoms with Crippen LogP contribution in [0, 0.1) is 29.6 Å². The first-order chi connectivity index (χ1) is 17.7. The second kappa shape index (κ2) is 8.61. The molecule has 1 aromatic heterocycles. The fourth-order valence-corrected chi connectivity index (χ4v) is 7.49. The Kier molecular flexibility index (Phi) is 5.58. The first-order valence-electron chi connectivity index (χ1n) is 13.2. The summed E-state index contributed by atoms with van der Waals surface area (Å²) in [5.41, 5.74) is 6.39. The molecule has 0 spiro atoms. The lowest BCUT2D eigenvalue weighted by Crippen LogP contribution is -2.32. The van der Waals surface area contributed by atoms with Gasteiger partial charge in [-0.25, -0.2) is 4.57 Å². The second-order valence-corrected chi connectivity index (χ2v) is 12.8. The highest BCUT2D eigenvalue weighted by Crippen LogP contribution is 2.53. The summed E-state index contributed by atoms with van der Waals surface area (Å²) in [5.74, 6) is 0.578. The molecule has 0 amide bonds. The van der Waals surface area contributed by atoms with Gasteiger partial charge < -0.3 is 0 Å². The predicted octanol–water partition coefficient (Wildman–Crippen LogP) is 8.70. The minimum absolute atomic E-state index is 0.383. The molecule has 0 radical (unpaired) electrons. The molecule has 4 aromatic carbocycles. The van der Waals surface area contributed by atoms with Gasteiger partial charge >= 0.3 is 0 Å². The van der Waals surface area contributed by atoms with Crippen LogP contribution in [0.3, 0.4) is 0 Å². The molecule has 3 heteroatoms. The minimum Gasteiger partial charge on any atom is -0.200 e. The summed E-state index contributed by atoms with van der Waals surface area (Å²) in [7, 11) is 2.19. The number of benzene rings is 4. The zero-order valence-electron chi connectivity index (χ0n) is 22.6. The number of nitrogens with zero attached hydrogens (tertiary/aromatic N) is 2. The molecule has 1 aliphatic rings. The van der Waals surface area contributed by atoms with Crippen LogP contribution in [0.25, 0.3) is 43.6 Å². The molecule has 0 saturated carbocycles. The normalized spacial score (nSPS) is 12.9. The zero-order valence-corrected chi connectivity index (χ0v) is 23.4. The van der Waals surface area contributed by atoms with Crippen molar-refractivity contribution in [3.05, 3.63) is 77.5 Å². The average Bonchev–Trinajstić information content (AvgIpc) is 2.87. The lowest BCUT2D eigenvalue weighted by Gasteiger charge is -2.26. The van der Waals surface area contributed by atoms with Crippen molar-refractivity contribution in [2.75, 3.05) is 0 Å². The third-order valence-electron chi connectivity index (χ3n) is 7.81. The molecular formula is C34H33N2S+. The van der Waals surface area contributed by atoms with Crippen LogP contribution in [0.4, 0.5) is 0 Å². The van der Waals surface area contributed by atoms with Crippen molar-refractivity contribution in [1.29, 1.82) is 5.26 Å². The van der Waals surface area contributed by atoms with E-state index in [-0.39, 0.29) is 5.41 Å². The molecule has 0 aliphatic carbocycles. The summed E-state index contributed by atoms with van der Waals surface area (Å²) in [5, 5.41) is 17.5. The Balaban J connectivity index is 1.70. The fourth-order valence-electron chi connectivity index (χ4n) is 6.11. The van der Waals surface area contributed by atoms with Gasteiger partial charge in [0.2, 0.25) is 5.69 Å². The van der Waals surface area contributed by atoms with Crippen LogP contribution >= 0.6 is 11.8 Å². The molecule has 5 aromatic rings. The maximum absolute atomic E-state index is 9.60. The molecule has 0 N–H and O–H groups in total. The highest BCUT2D eigenvalue weighted by atomic mass is 32.2. The van der Waals surface area contributed by atoms with Crippen molar-refractivity contribution in [3.63, 3.8) is 0 Å². The van der Waals surface area contributed by atoms with Crippen LogP contribution in [-0.2, 0) is 19.9 Å². The summed E-state index contributed by atoms with van der Waals surface area (Å²) in [6, 6.07) is 22.8. The number of pyridine rings is 1. The van der Waals surface area contributed by atoms with E-state index >= 15 is 0 Å². The SMILES string of the molecule is Cc1c2c(c(CC(C)C)c3ccccc13)Sc1cc3ccc(CC(C)(C)C#N)cc3c3cc[n+](C)c-2c13. The maximum Gasteiger partial charge on any atom is 0.222 e. The number of nitriles is 1. The van der Waals surface area contributed by atoms with E-state index < -0.39 is 0 Å². The van der Waals surface area contributed by atoms with E-state index in [0.29, 0.717) is 5.92 Å². The summed E-state index contributed by atoms with van der Waals surface area (Å²) in [6.07, 6.45) is 4.04. The Hall–Kier alpha value is -3.35. The van der Waals surface area contributed by atoms with Gasteiger partial charge in [0, 0.05) is 21.2 Å². The largest absolute Gasteiger partial charge is 0.222 e. The molecule has 2 heterocycles. The van der Waals surface area contributed by atoms with E-state index in [1.165, 1.54) is 70.1 Å². The summed E-state index contributed by atoms with van der Waals surface area (Å²) < 4.78 is 2.32. The van der Waals surface area contributed by atoms with Crippen molar-refractivity contribution >= 4 is 44.1 Å². The smallest absolute Gasteiger partial charge is 0.200 e. The van der Waals surface area contributed by atoms with Gasteiger partial charge in [0.05, 0.1) is 22.4 Å². The average molecular weight is 502 g/mol. The Labute approximate surface area is 223 Å². The molecule has 0 saturated heterocycles. The van der Waals surface area contributed by atoms with Gasteiger partial charge in [0.1, 0.15) is 7.05 Å². The Morgan fingerprint density at radius 3 is 2.46 bits per heavy atom. The Morgan fingerprint density at radius 1 is 0.973 bits per heavy atom. The molecule has 37 heavy (non-hydrogen) atoms. The Bertz CT molecular complexity index is 1790. The van der Waals surface area contributed by atoms with E-state index in [4.69, 9.17) is 0 Å². The molecule has 0 fully saturated rings. The molecule has 1 aliphatic heterocycles. The highest BCUT2D eigenvalue weighted by Gasteiger charge is 2.32. The summed E-state index contributed by atoms with van der Waals surface area (Å²) in [6.45, 7) is 11.0. The molecule has 0 atom stereocenters. The fraction of sp³-hybridized carbons (Fsp3) is 0.294. The van der Waals surface area contributed by atoms with E-state index in [2.05, 4.69) is 99.2 Å². The van der Waals surface area contributed by atoms with Crippen LogP contribution in [0.1, 0.15) is 44.4 Å². The van der Waals surface area contributed by atoms with Crippen molar-refractivity contribution in [3.8, 4) is 17.3 Å². The van der Waals surface area contributed by atoms with Crippen molar-refractivity contribution in [2.45, 2.75) is 57.3 Å². The Morgan fingerprint density at radius 2 is 1.73 bits per heavy atom. The number of hydrogen-bond acceptors (Lipinski definition) is 2. The van der Waals surface area contributed by atoms with Crippen LogP contribution in [-0.4, -0.2) is 0 Å². The lowest BCUT2D eigenvalue weighted by atomic mass is 9.86. The molecule has 184 valence electrons. The summed E-state index contributed by atoms with van der Waals surface area (Å²) in [4.78, 5) is 2.76. The van der Waals surface area contributed by atoms with E-state index in [1.54, 1.807) is 0 Å². The van der Waals surface area contributed by atoms with Crippen molar-refractivity contribution in [2.24, 2.45) is 18.4 Å². The molecule has 2 nitrogen and oxygen atoms in total. The third kappa shape index (κ3) is 3.82. The van der Waals surface area contributed by atoms with Gasteiger partial charge in [0.15, 0.2) is 6.20 Å². The van der Waals surface area contributed by atoms with Gasteiger partial charge in [0.25, 0.3) is 0 Å². The topological polar surface area (TPSA) is 27.7 Å². The van der Waals surface area contributed by atoms with Gasteiger partial charge in [-0.2, -0.15) is 5.26 Å². The van der Waals surface area contributed by atoms with Gasteiger partial charge in [-0.15, -0.1) is 0 Å². The molecule has 6 rings (SSSR count). The van der Waals surface area contributed by atoms with E-state index in [9.17, 15) is 5.26 Å². The predicted molar refractivity (Wildman–Crippen MR) is 156 cm³/mol. The third-order valence-corrected chi connectivity index (χ3v) is 9.00. The first kappa shape index (κ1) is 24.0. The van der Waals surface area contributed by atoms with Crippen molar-refractivity contribution in [1.82, 2.24) is 0 Å². The van der Waals surface area contributed by atoms with Crippen molar-refractivity contribution < 1.29 is 4.57 Å². The number of hydrogen-bond donors (Lipinski definition) is 0. The number of fused-ring (bicyclic) bond motifs is 5. The van der Waals surface area contributed by atoms with Crippen LogP contribution in [0.5, 0.6) is 0 Å². The van der Waals surface area contributed by atoms with Crippen LogP contribution < -0.4 is 4.57 Å².